The maximum absolute atomic E-state index is 11.3. The summed E-state index contributed by atoms with van der Waals surface area (Å²) in [6.07, 6.45) is 5.05. The van der Waals surface area contributed by atoms with E-state index >= 15 is 0 Å². The number of esters is 1. The van der Waals surface area contributed by atoms with Crippen molar-refractivity contribution < 1.29 is 18.7 Å². The van der Waals surface area contributed by atoms with Crippen LogP contribution in [-0.2, 0) is 16.0 Å². The number of rotatable bonds is 8. The zero-order chi connectivity index (χ0) is 13.7. The molecule has 1 aromatic heterocycles. The normalized spacial score (nSPS) is 16.3. The van der Waals surface area contributed by atoms with Crippen molar-refractivity contribution in [3.63, 3.8) is 0 Å². The number of hydrogen-bond donors (Lipinski definition) is 1. The highest BCUT2D eigenvalue weighted by Crippen LogP contribution is 2.48. The fraction of sp³-hybridized carbons (Fsp3) is 0.643. The predicted molar refractivity (Wildman–Crippen MR) is 69.9 cm³/mol. The Morgan fingerprint density at radius 2 is 2.26 bits per heavy atom. The van der Waals surface area contributed by atoms with Gasteiger partial charge in [0.05, 0.1) is 19.2 Å². The van der Waals surface area contributed by atoms with Crippen molar-refractivity contribution in [1.82, 2.24) is 5.32 Å². The monoisotopic (exact) mass is 267 g/mol. The van der Waals surface area contributed by atoms with Gasteiger partial charge in [-0.15, -0.1) is 0 Å². The average molecular weight is 267 g/mol. The standard InChI is InChI=1S/C14H21NO4/c1-17-6-5-14(3-4-14)10-15-8-12-7-11(9-19-12)13(16)18-2/h7,9,15H,3-6,8,10H2,1-2H3. The van der Waals surface area contributed by atoms with E-state index in [1.54, 1.807) is 13.2 Å². The number of ether oxygens (including phenoxy) is 2. The summed E-state index contributed by atoms with van der Waals surface area (Å²) < 4.78 is 15.1. The van der Waals surface area contributed by atoms with Crippen molar-refractivity contribution in [1.29, 1.82) is 0 Å². The Morgan fingerprint density at radius 3 is 2.89 bits per heavy atom. The van der Waals surface area contributed by atoms with E-state index in [1.807, 2.05) is 0 Å². The highest BCUT2D eigenvalue weighted by molar-refractivity contribution is 5.88. The first-order valence-electron chi connectivity index (χ1n) is 6.54. The summed E-state index contributed by atoms with van der Waals surface area (Å²) in [7, 11) is 3.10. The molecule has 0 amide bonds. The van der Waals surface area contributed by atoms with Gasteiger partial charge in [0.15, 0.2) is 0 Å². The molecule has 0 aromatic carbocycles. The molecule has 2 rings (SSSR count). The Balaban J connectivity index is 1.74. The van der Waals surface area contributed by atoms with Crippen LogP contribution in [0.3, 0.4) is 0 Å². The van der Waals surface area contributed by atoms with E-state index in [2.05, 4.69) is 10.1 Å². The van der Waals surface area contributed by atoms with E-state index in [9.17, 15) is 4.79 Å². The summed E-state index contributed by atoms with van der Waals surface area (Å²) >= 11 is 0. The minimum atomic E-state index is -0.367. The Bertz CT molecular complexity index is 423. The average Bonchev–Trinajstić information content (AvgIpc) is 3.03. The van der Waals surface area contributed by atoms with Crippen LogP contribution in [0.2, 0.25) is 0 Å². The van der Waals surface area contributed by atoms with Gasteiger partial charge in [0.2, 0.25) is 0 Å². The molecular formula is C14H21NO4. The second-order valence-corrected chi connectivity index (χ2v) is 5.14. The molecule has 1 N–H and O–H groups in total. The molecule has 1 fully saturated rings. The van der Waals surface area contributed by atoms with Gasteiger partial charge in [0, 0.05) is 20.3 Å². The summed E-state index contributed by atoms with van der Waals surface area (Å²) in [6, 6.07) is 1.72. The van der Waals surface area contributed by atoms with Gasteiger partial charge in [-0.2, -0.15) is 0 Å². The topological polar surface area (TPSA) is 60.7 Å². The Hall–Kier alpha value is -1.33. The summed E-state index contributed by atoms with van der Waals surface area (Å²) in [5.41, 5.74) is 0.869. The summed E-state index contributed by atoms with van der Waals surface area (Å²) in [6.45, 7) is 2.41. The largest absolute Gasteiger partial charge is 0.467 e. The molecule has 0 bridgehead atoms. The fourth-order valence-corrected chi connectivity index (χ4v) is 2.16. The minimum absolute atomic E-state index is 0.367. The lowest BCUT2D eigenvalue weighted by atomic mass is 10.0. The number of nitrogens with one attached hydrogen (secondary N) is 1. The third-order valence-electron chi connectivity index (χ3n) is 3.67. The van der Waals surface area contributed by atoms with Crippen LogP contribution < -0.4 is 5.32 Å². The van der Waals surface area contributed by atoms with Gasteiger partial charge in [0.25, 0.3) is 0 Å². The quantitative estimate of drug-likeness (QED) is 0.730. The molecule has 0 spiro atoms. The lowest BCUT2D eigenvalue weighted by Gasteiger charge is -2.14. The maximum Gasteiger partial charge on any atom is 0.341 e. The van der Waals surface area contributed by atoms with Crippen molar-refractivity contribution in [2.24, 2.45) is 5.41 Å². The number of methoxy groups -OCH3 is 2. The van der Waals surface area contributed by atoms with Crippen LogP contribution in [0.1, 0.15) is 35.4 Å². The number of carbonyl (C=O) groups is 1. The number of furan rings is 1. The SMILES string of the molecule is COCCC1(CNCc2cc(C(=O)OC)co2)CC1. The van der Waals surface area contributed by atoms with E-state index in [-0.39, 0.29) is 5.97 Å². The molecule has 5 nitrogen and oxygen atoms in total. The fourth-order valence-electron chi connectivity index (χ4n) is 2.16. The Morgan fingerprint density at radius 1 is 1.47 bits per heavy atom. The first-order chi connectivity index (χ1) is 9.19. The van der Waals surface area contributed by atoms with Crippen LogP contribution in [0.4, 0.5) is 0 Å². The van der Waals surface area contributed by atoms with Crippen molar-refractivity contribution >= 4 is 5.97 Å². The highest BCUT2D eigenvalue weighted by Gasteiger charge is 2.41. The zero-order valence-corrected chi connectivity index (χ0v) is 11.5. The molecule has 0 unspecified atom stereocenters. The lowest BCUT2D eigenvalue weighted by Crippen LogP contribution is -2.24. The van der Waals surface area contributed by atoms with Gasteiger partial charge in [-0.25, -0.2) is 4.79 Å². The molecule has 0 atom stereocenters. The van der Waals surface area contributed by atoms with Gasteiger partial charge in [-0.05, 0) is 30.7 Å². The van der Waals surface area contributed by atoms with Crippen molar-refractivity contribution in [2.75, 3.05) is 27.4 Å². The van der Waals surface area contributed by atoms with Gasteiger partial charge >= 0.3 is 5.97 Å². The second-order valence-electron chi connectivity index (χ2n) is 5.14. The number of hydrogen-bond acceptors (Lipinski definition) is 5. The first-order valence-corrected chi connectivity index (χ1v) is 6.54. The molecule has 1 aliphatic carbocycles. The van der Waals surface area contributed by atoms with Gasteiger partial charge in [0.1, 0.15) is 12.0 Å². The van der Waals surface area contributed by atoms with Crippen molar-refractivity contribution in [3.05, 3.63) is 23.7 Å². The molecule has 19 heavy (non-hydrogen) atoms. The Kier molecular flexibility index (Phi) is 4.61. The Labute approximate surface area is 113 Å². The molecule has 106 valence electrons. The minimum Gasteiger partial charge on any atom is -0.467 e. The van der Waals surface area contributed by atoms with Crippen LogP contribution in [0, 0.1) is 5.41 Å². The van der Waals surface area contributed by atoms with Gasteiger partial charge in [-0.1, -0.05) is 0 Å². The third kappa shape index (κ3) is 3.81. The molecule has 1 aliphatic rings. The van der Waals surface area contributed by atoms with E-state index < -0.39 is 0 Å². The van der Waals surface area contributed by atoms with E-state index in [0.717, 1.165) is 25.3 Å². The van der Waals surface area contributed by atoms with Crippen LogP contribution in [0.25, 0.3) is 0 Å². The maximum atomic E-state index is 11.3. The summed E-state index contributed by atoms with van der Waals surface area (Å²) in [5, 5.41) is 3.38. The third-order valence-corrected chi connectivity index (χ3v) is 3.67. The van der Waals surface area contributed by atoms with Crippen LogP contribution >= 0.6 is 0 Å². The van der Waals surface area contributed by atoms with Crippen LogP contribution in [0.15, 0.2) is 16.7 Å². The van der Waals surface area contributed by atoms with E-state index in [0.29, 0.717) is 17.5 Å². The van der Waals surface area contributed by atoms with Crippen LogP contribution in [0.5, 0.6) is 0 Å². The lowest BCUT2D eigenvalue weighted by molar-refractivity contribution is 0.0600. The zero-order valence-electron chi connectivity index (χ0n) is 11.5. The molecule has 1 heterocycles. The van der Waals surface area contributed by atoms with E-state index in [4.69, 9.17) is 9.15 Å². The second kappa shape index (κ2) is 6.21. The van der Waals surface area contributed by atoms with Crippen molar-refractivity contribution in [2.45, 2.75) is 25.8 Å². The molecule has 0 radical (unpaired) electrons. The molecule has 1 saturated carbocycles. The smallest absolute Gasteiger partial charge is 0.341 e. The van der Waals surface area contributed by atoms with Gasteiger partial charge < -0.3 is 19.2 Å². The summed E-state index contributed by atoms with van der Waals surface area (Å²) in [4.78, 5) is 11.3. The van der Waals surface area contributed by atoms with Crippen molar-refractivity contribution in [3.8, 4) is 0 Å². The first kappa shape index (κ1) is 14.1. The molecule has 5 heteroatoms. The van der Waals surface area contributed by atoms with Crippen LogP contribution in [-0.4, -0.2) is 33.3 Å². The molecule has 0 aliphatic heterocycles. The van der Waals surface area contributed by atoms with Gasteiger partial charge in [-0.3, -0.25) is 0 Å². The highest BCUT2D eigenvalue weighted by atomic mass is 16.5. The summed E-state index contributed by atoms with van der Waals surface area (Å²) in [5.74, 6) is 0.386. The molecule has 1 aromatic rings. The number of carbonyl (C=O) groups excluding carboxylic acids is 1. The molecule has 0 saturated heterocycles. The predicted octanol–water partition coefficient (Wildman–Crippen LogP) is 1.97. The van der Waals surface area contributed by atoms with E-state index in [1.165, 1.54) is 26.2 Å². The molecular weight excluding hydrogens is 246 g/mol.